The van der Waals surface area contributed by atoms with E-state index in [0.717, 1.165) is 16.8 Å². The van der Waals surface area contributed by atoms with Crippen molar-refractivity contribution in [3.63, 3.8) is 0 Å². The van der Waals surface area contributed by atoms with Gasteiger partial charge in [0.25, 0.3) is 0 Å². The third-order valence-electron chi connectivity index (χ3n) is 4.16. The summed E-state index contributed by atoms with van der Waals surface area (Å²) in [5, 5.41) is 4.82. The summed E-state index contributed by atoms with van der Waals surface area (Å²) in [4.78, 5) is 9.82. The van der Waals surface area contributed by atoms with Crippen LogP contribution in [0.5, 0.6) is 11.5 Å². The predicted molar refractivity (Wildman–Crippen MR) is 124 cm³/mol. The molecule has 7 heteroatoms. The topological polar surface area (TPSA) is 66.0 Å². The molecule has 0 radical (unpaired) electrons. The molecule has 0 spiro atoms. The van der Waals surface area contributed by atoms with Crippen LogP contribution in [0.15, 0.2) is 36.4 Å². The Balaban J connectivity index is 0.000000656. The van der Waals surface area contributed by atoms with E-state index in [-0.39, 0.29) is 12.1 Å². The van der Waals surface area contributed by atoms with Crippen LogP contribution >= 0.6 is 12.2 Å². The minimum absolute atomic E-state index is 0.211. The fraction of sp³-hybridized carbons (Fsp3) is 0.391. The van der Waals surface area contributed by atoms with Crippen LogP contribution in [0.1, 0.15) is 36.6 Å². The zero-order valence-electron chi connectivity index (χ0n) is 18.5. The van der Waals surface area contributed by atoms with Gasteiger partial charge in [-0.15, -0.1) is 0 Å². The zero-order chi connectivity index (χ0) is 22.5. The maximum absolute atomic E-state index is 9.82. The predicted octanol–water partition coefficient (Wildman–Crippen LogP) is 4.73. The van der Waals surface area contributed by atoms with Crippen LogP contribution in [-0.4, -0.2) is 45.8 Å². The van der Waals surface area contributed by atoms with Crippen LogP contribution in [-0.2, 0) is 14.3 Å². The van der Waals surface area contributed by atoms with Crippen LogP contribution in [0, 0.1) is 6.92 Å². The maximum atomic E-state index is 9.82. The van der Waals surface area contributed by atoms with E-state index in [1.54, 1.807) is 26.5 Å². The molecule has 0 saturated carbocycles. The van der Waals surface area contributed by atoms with Crippen LogP contribution < -0.4 is 14.8 Å². The molecule has 0 aliphatic carbocycles. The van der Waals surface area contributed by atoms with Crippen LogP contribution in [0.4, 0.5) is 5.69 Å². The molecule has 2 aromatic rings. The van der Waals surface area contributed by atoms with Gasteiger partial charge in [0.1, 0.15) is 6.10 Å². The van der Waals surface area contributed by atoms with Crippen molar-refractivity contribution >= 4 is 29.2 Å². The quantitative estimate of drug-likeness (QED) is 0.453. The molecule has 0 aliphatic rings. The Labute approximate surface area is 184 Å². The first-order valence-corrected chi connectivity index (χ1v) is 10.1. The Morgan fingerprint density at radius 2 is 1.90 bits per heavy atom. The first kappa shape index (κ1) is 25.4. The number of benzene rings is 2. The number of ether oxygens (including phenoxy) is 4. The first-order chi connectivity index (χ1) is 14.4. The highest BCUT2D eigenvalue weighted by atomic mass is 32.1. The summed E-state index contributed by atoms with van der Waals surface area (Å²) in [7, 11) is 5.16. The molecular formula is C23H31NO5S. The lowest BCUT2D eigenvalue weighted by molar-refractivity contribution is -0.140. The summed E-state index contributed by atoms with van der Waals surface area (Å²) in [6.07, 6.45) is -0.322. The Morgan fingerprint density at radius 3 is 2.40 bits per heavy atom. The lowest BCUT2D eigenvalue weighted by atomic mass is 9.97. The number of esters is 1. The summed E-state index contributed by atoms with van der Waals surface area (Å²) in [5.41, 5.74) is 4.10. The number of thiocarbonyl (C=S) groups is 1. The largest absolute Gasteiger partial charge is 0.493 e. The highest BCUT2D eigenvalue weighted by Gasteiger charge is 2.23. The Hall–Kier alpha value is -2.64. The van der Waals surface area contributed by atoms with E-state index in [9.17, 15) is 4.79 Å². The molecule has 2 aromatic carbocycles. The molecule has 30 heavy (non-hydrogen) atoms. The van der Waals surface area contributed by atoms with Crippen molar-refractivity contribution in [1.29, 1.82) is 0 Å². The van der Waals surface area contributed by atoms with Crippen LogP contribution in [0.2, 0.25) is 0 Å². The number of methoxy groups -OCH3 is 2. The molecule has 0 unspecified atom stereocenters. The Morgan fingerprint density at radius 1 is 1.17 bits per heavy atom. The number of hydrogen-bond donors (Lipinski definition) is 1. The molecular weight excluding hydrogens is 402 g/mol. The Kier molecular flexibility index (Phi) is 11.5. The van der Waals surface area contributed by atoms with Crippen LogP contribution in [0.3, 0.4) is 0 Å². The third kappa shape index (κ3) is 7.31. The van der Waals surface area contributed by atoms with Gasteiger partial charge < -0.3 is 24.3 Å². The van der Waals surface area contributed by atoms with E-state index in [0.29, 0.717) is 24.7 Å². The molecule has 0 amide bonds. The molecule has 0 bridgehead atoms. The molecule has 0 fully saturated rings. The third-order valence-corrected chi connectivity index (χ3v) is 4.29. The second kappa shape index (κ2) is 13.6. The number of aryl methyl sites for hydroxylation is 1. The second-order valence-corrected chi connectivity index (χ2v) is 6.56. The van der Waals surface area contributed by atoms with Gasteiger partial charge in [0, 0.05) is 36.2 Å². The highest BCUT2D eigenvalue weighted by Crippen LogP contribution is 2.41. The van der Waals surface area contributed by atoms with Gasteiger partial charge in [-0.3, -0.25) is 4.79 Å². The number of nitrogens with one attached hydrogen (secondary N) is 1. The van der Waals surface area contributed by atoms with Crippen molar-refractivity contribution in [3.8, 4) is 11.5 Å². The van der Waals surface area contributed by atoms with Crippen molar-refractivity contribution in [2.75, 3.05) is 39.8 Å². The van der Waals surface area contributed by atoms with Gasteiger partial charge in [0.15, 0.2) is 11.5 Å². The van der Waals surface area contributed by atoms with Gasteiger partial charge in [-0.1, -0.05) is 36.5 Å². The molecule has 1 N–H and O–H groups in total. The number of anilines is 1. The average Bonchev–Trinajstić information content (AvgIpc) is 2.74. The minimum Gasteiger partial charge on any atom is -0.493 e. The molecule has 164 valence electrons. The number of para-hydroxylation sites is 1. The number of hydrogen-bond acceptors (Lipinski definition) is 7. The van der Waals surface area contributed by atoms with Crippen molar-refractivity contribution < 1.29 is 23.7 Å². The van der Waals surface area contributed by atoms with E-state index >= 15 is 0 Å². The van der Waals surface area contributed by atoms with Crippen LogP contribution in [0.25, 0.3) is 0 Å². The van der Waals surface area contributed by atoms with Crippen molar-refractivity contribution in [2.24, 2.45) is 0 Å². The summed E-state index contributed by atoms with van der Waals surface area (Å²) < 4.78 is 21.5. The summed E-state index contributed by atoms with van der Waals surface area (Å²) in [6, 6.07) is 12.0. The average molecular weight is 434 g/mol. The zero-order valence-corrected chi connectivity index (χ0v) is 19.3. The summed E-state index contributed by atoms with van der Waals surface area (Å²) in [6.45, 7) is 6.07. The van der Waals surface area contributed by atoms with E-state index in [1.807, 2.05) is 25.2 Å². The van der Waals surface area contributed by atoms with E-state index in [1.165, 1.54) is 12.5 Å². The van der Waals surface area contributed by atoms with Crippen molar-refractivity contribution in [1.82, 2.24) is 0 Å². The monoisotopic (exact) mass is 433 g/mol. The van der Waals surface area contributed by atoms with Gasteiger partial charge in [-0.05, 0) is 31.5 Å². The van der Waals surface area contributed by atoms with Crippen molar-refractivity contribution in [3.05, 3.63) is 53.1 Å². The van der Waals surface area contributed by atoms with E-state index in [2.05, 4.69) is 35.2 Å². The lowest BCUT2D eigenvalue weighted by Crippen LogP contribution is -2.12. The number of rotatable bonds is 9. The van der Waals surface area contributed by atoms with Gasteiger partial charge in [0.2, 0.25) is 0 Å². The molecule has 0 saturated heterocycles. The Bertz CT molecular complexity index is 825. The van der Waals surface area contributed by atoms with Gasteiger partial charge in [-0.2, -0.15) is 0 Å². The molecule has 6 nitrogen and oxygen atoms in total. The number of carbonyl (C=O) groups excluding carboxylic acids is 1. The molecule has 1 atom stereocenters. The second-order valence-electron chi connectivity index (χ2n) is 6.23. The smallest absolute Gasteiger partial charge is 0.302 e. The normalized spacial score (nSPS) is 10.9. The van der Waals surface area contributed by atoms with Gasteiger partial charge in [-0.25, -0.2) is 0 Å². The summed E-state index contributed by atoms with van der Waals surface area (Å²) in [5.74, 6) is 1.12. The summed E-state index contributed by atoms with van der Waals surface area (Å²) >= 11 is 4.94. The van der Waals surface area contributed by atoms with Gasteiger partial charge in [0.05, 0.1) is 27.4 Å². The maximum Gasteiger partial charge on any atom is 0.302 e. The standard InChI is InChI=1S/C19H23NO3S.C4H8O2/c1-13-8-9-14(16(12-13)20-2)18(23-10-11-24)15-6-5-7-17(21-3)19(15)22-4;1-3-6-4(2)5/h5-9,11-12,18,20H,10H2,1-4H3;3H2,1-2H3/t18-;/m0./s1. The number of carbonyl (C=O) groups is 1. The SMILES string of the molecule is CCOC(C)=O.CNc1cc(C)ccc1[C@H](OCC=S)c1cccc(OC)c1OC. The molecule has 2 rings (SSSR count). The molecule has 0 aromatic heterocycles. The fourth-order valence-electron chi connectivity index (χ4n) is 2.92. The molecule has 0 aliphatic heterocycles. The highest BCUT2D eigenvalue weighted by molar-refractivity contribution is 7.79. The lowest BCUT2D eigenvalue weighted by Gasteiger charge is -2.24. The molecule has 0 heterocycles. The van der Waals surface area contributed by atoms with Gasteiger partial charge >= 0.3 is 5.97 Å². The van der Waals surface area contributed by atoms with E-state index in [4.69, 9.17) is 26.4 Å². The van der Waals surface area contributed by atoms with E-state index < -0.39 is 0 Å². The minimum atomic E-state index is -0.322. The fourth-order valence-corrected chi connectivity index (χ4v) is 3.00. The van der Waals surface area contributed by atoms with Crippen molar-refractivity contribution in [2.45, 2.75) is 26.9 Å². The first-order valence-electron chi connectivity index (χ1n) is 9.61.